The molecule has 0 amide bonds. The van der Waals surface area contributed by atoms with Crippen LogP contribution in [0.2, 0.25) is 0 Å². The zero-order valence-electron chi connectivity index (χ0n) is 8.81. The van der Waals surface area contributed by atoms with Crippen LogP contribution in [-0.2, 0) is 0 Å². The molecule has 0 spiro atoms. The molecule has 0 aromatic carbocycles. The molecule has 0 aromatic rings. The SMILES string of the molecule is CC(=NC#N)N(C)CC1(Cl)C=CC=NC1. The molecule has 0 aliphatic carbocycles. The lowest BCUT2D eigenvalue weighted by Crippen LogP contribution is -2.40. The van der Waals surface area contributed by atoms with E-state index in [0.29, 0.717) is 18.9 Å². The number of hydrogen-bond donors (Lipinski definition) is 0. The van der Waals surface area contributed by atoms with E-state index in [1.54, 1.807) is 19.3 Å². The Morgan fingerprint density at radius 2 is 2.53 bits per heavy atom. The highest BCUT2D eigenvalue weighted by Crippen LogP contribution is 2.21. The summed E-state index contributed by atoms with van der Waals surface area (Å²) in [5.74, 6) is 0.653. The Bertz CT molecular complexity index is 353. The largest absolute Gasteiger partial charge is 0.360 e. The lowest BCUT2D eigenvalue weighted by molar-refractivity contribution is 0.451. The average molecular weight is 225 g/mol. The van der Waals surface area contributed by atoms with Crippen molar-refractivity contribution in [2.24, 2.45) is 9.98 Å². The van der Waals surface area contributed by atoms with Crippen LogP contribution in [-0.4, -0.2) is 42.0 Å². The standard InChI is InChI=1S/C10H13ClN4/c1-9(14-8-12)15(2)7-10(11)4-3-5-13-6-10/h3-5H,6-7H2,1-2H3. The van der Waals surface area contributed by atoms with Gasteiger partial charge in [-0.3, -0.25) is 4.99 Å². The quantitative estimate of drug-likeness (QED) is 0.308. The van der Waals surface area contributed by atoms with E-state index in [9.17, 15) is 0 Å². The van der Waals surface area contributed by atoms with E-state index in [-0.39, 0.29) is 0 Å². The summed E-state index contributed by atoms with van der Waals surface area (Å²) in [7, 11) is 1.85. The van der Waals surface area contributed by atoms with Crippen LogP contribution in [0.15, 0.2) is 22.1 Å². The zero-order valence-corrected chi connectivity index (χ0v) is 9.57. The highest BCUT2D eigenvalue weighted by molar-refractivity contribution is 6.26. The maximum atomic E-state index is 8.42. The summed E-state index contributed by atoms with van der Waals surface area (Å²) in [6, 6.07) is 0. The second kappa shape index (κ2) is 4.94. The molecule has 0 N–H and O–H groups in total. The predicted octanol–water partition coefficient (Wildman–Crippen LogP) is 1.44. The summed E-state index contributed by atoms with van der Waals surface area (Å²) in [4.78, 5) is 9.12. The van der Waals surface area contributed by atoms with Gasteiger partial charge in [-0.2, -0.15) is 10.3 Å². The monoisotopic (exact) mass is 224 g/mol. The van der Waals surface area contributed by atoms with E-state index in [1.807, 2.05) is 24.1 Å². The van der Waals surface area contributed by atoms with Gasteiger partial charge >= 0.3 is 0 Å². The topological polar surface area (TPSA) is 51.8 Å². The highest BCUT2D eigenvalue weighted by atomic mass is 35.5. The van der Waals surface area contributed by atoms with Crippen molar-refractivity contribution in [2.75, 3.05) is 20.1 Å². The molecular formula is C10H13ClN4. The molecule has 0 saturated heterocycles. The Morgan fingerprint density at radius 3 is 3.07 bits per heavy atom. The minimum Gasteiger partial charge on any atom is -0.360 e. The molecule has 0 radical (unpaired) electrons. The van der Waals surface area contributed by atoms with Crippen LogP contribution in [0.5, 0.6) is 0 Å². The summed E-state index contributed by atoms with van der Waals surface area (Å²) >= 11 is 6.33. The summed E-state index contributed by atoms with van der Waals surface area (Å²) in [5.41, 5.74) is 0. The molecule has 0 fully saturated rings. The molecule has 4 nitrogen and oxygen atoms in total. The number of halogens is 1. The molecule has 5 heteroatoms. The van der Waals surface area contributed by atoms with E-state index >= 15 is 0 Å². The fraction of sp³-hybridized carbons (Fsp3) is 0.500. The van der Waals surface area contributed by atoms with Crippen LogP contribution in [0.3, 0.4) is 0 Å². The number of nitriles is 1. The Balaban J connectivity index is 2.62. The lowest BCUT2D eigenvalue weighted by Gasteiger charge is -2.29. The second-order valence-electron chi connectivity index (χ2n) is 3.50. The summed E-state index contributed by atoms with van der Waals surface area (Å²) < 4.78 is 0. The Kier molecular flexibility index (Phi) is 3.87. The third-order valence-electron chi connectivity index (χ3n) is 2.20. The summed E-state index contributed by atoms with van der Waals surface area (Å²) in [6.45, 7) is 2.91. The third-order valence-corrected chi connectivity index (χ3v) is 2.57. The smallest absolute Gasteiger partial charge is 0.207 e. The fourth-order valence-electron chi connectivity index (χ4n) is 1.30. The normalized spacial score (nSPS) is 25.1. The van der Waals surface area contributed by atoms with E-state index in [4.69, 9.17) is 16.9 Å². The van der Waals surface area contributed by atoms with E-state index < -0.39 is 4.87 Å². The zero-order chi connectivity index (χ0) is 11.3. The van der Waals surface area contributed by atoms with Gasteiger partial charge < -0.3 is 4.90 Å². The molecule has 80 valence electrons. The Morgan fingerprint density at radius 1 is 1.80 bits per heavy atom. The van der Waals surface area contributed by atoms with Gasteiger partial charge in [0.05, 0.1) is 11.4 Å². The molecule has 1 aliphatic heterocycles. The maximum absolute atomic E-state index is 8.42. The maximum Gasteiger partial charge on any atom is 0.207 e. The van der Waals surface area contributed by atoms with Crippen molar-refractivity contribution in [1.29, 1.82) is 5.26 Å². The average Bonchev–Trinajstić information content (AvgIpc) is 2.18. The minimum absolute atomic E-state index is 0.490. The van der Waals surface area contributed by atoms with Crippen LogP contribution in [0, 0.1) is 11.5 Å². The van der Waals surface area contributed by atoms with Gasteiger partial charge in [-0.05, 0) is 13.0 Å². The number of allylic oxidation sites excluding steroid dienone is 1. The van der Waals surface area contributed by atoms with Crippen molar-refractivity contribution in [3.05, 3.63) is 12.2 Å². The highest BCUT2D eigenvalue weighted by Gasteiger charge is 2.27. The van der Waals surface area contributed by atoms with E-state index in [1.165, 1.54) is 0 Å². The Labute approximate surface area is 94.6 Å². The third kappa shape index (κ3) is 3.37. The van der Waals surface area contributed by atoms with Gasteiger partial charge in [-0.15, -0.1) is 11.6 Å². The van der Waals surface area contributed by atoms with Gasteiger partial charge in [0, 0.05) is 19.8 Å². The molecule has 1 rings (SSSR count). The molecule has 0 bridgehead atoms. The summed E-state index contributed by atoms with van der Waals surface area (Å²) in [5, 5.41) is 8.42. The molecule has 1 atom stereocenters. The molecule has 0 saturated carbocycles. The van der Waals surface area contributed by atoms with Crippen molar-refractivity contribution in [3.8, 4) is 6.19 Å². The number of nitrogens with zero attached hydrogens (tertiary/aromatic N) is 4. The van der Waals surface area contributed by atoms with Gasteiger partial charge in [0.2, 0.25) is 6.19 Å². The van der Waals surface area contributed by atoms with Gasteiger partial charge in [0.25, 0.3) is 0 Å². The van der Waals surface area contributed by atoms with Crippen LogP contribution in [0.4, 0.5) is 0 Å². The lowest BCUT2D eigenvalue weighted by atomic mass is 10.1. The first-order valence-electron chi connectivity index (χ1n) is 4.58. The Hall–Kier alpha value is -1.34. The van der Waals surface area contributed by atoms with Crippen LogP contribution in [0.1, 0.15) is 6.92 Å². The van der Waals surface area contributed by atoms with E-state index in [2.05, 4.69) is 9.98 Å². The molecule has 1 unspecified atom stereocenters. The first-order chi connectivity index (χ1) is 7.07. The summed E-state index contributed by atoms with van der Waals surface area (Å²) in [6.07, 6.45) is 7.24. The minimum atomic E-state index is -0.490. The van der Waals surface area contributed by atoms with Crippen molar-refractivity contribution >= 4 is 23.7 Å². The van der Waals surface area contributed by atoms with Gasteiger partial charge in [-0.1, -0.05) is 6.08 Å². The molecule has 15 heavy (non-hydrogen) atoms. The van der Waals surface area contributed by atoms with Crippen LogP contribution < -0.4 is 0 Å². The number of amidine groups is 1. The van der Waals surface area contributed by atoms with Crippen LogP contribution >= 0.6 is 11.6 Å². The van der Waals surface area contributed by atoms with Crippen molar-refractivity contribution < 1.29 is 0 Å². The first-order valence-corrected chi connectivity index (χ1v) is 4.96. The predicted molar refractivity (Wildman–Crippen MR) is 62.4 cm³/mol. The fourth-order valence-corrected chi connectivity index (χ4v) is 1.62. The number of alkyl halides is 1. The van der Waals surface area contributed by atoms with Crippen molar-refractivity contribution in [2.45, 2.75) is 11.8 Å². The number of hydrogen-bond acceptors (Lipinski definition) is 3. The molecule has 1 heterocycles. The van der Waals surface area contributed by atoms with E-state index in [0.717, 1.165) is 0 Å². The molecule has 1 aliphatic rings. The van der Waals surface area contributed by atoms with Gasteiger partial charge in [0.15, 0.2) is 0 Å². The van der Waals surface area contributed by atoms with Gasteiger partial charge in [0.1, 0.15) is 5.84 Å². The van der Waals surface area contributed by atoms with Crippen molar-refractivity contribution in [1.82, 2.24) is 4.90 Å². The number of aliphatic imine (C=N–C) groups is 2. The van der Waals surface area contributed by atoms with Crippen molar-refractivity contribution in [3.63, 3.8) is 0 Å². The molecule has 0 aromatic heterocycles. The first kappa shape index (κ1) is 11.7. The second-order valence-corrected chi connectivity index (χ2v) is 4.25. The van der Waals surface area contributed by atoms with Crippen LogP contribution in [0.25, 0.3) is 0 Å². The number of rotatable bonds is 2. The molecular weight excluding hydrogens is 212 g/mol. The van der Waals surface area contributed by atoms with Gasteiger partial charge in [-0.25, -0.2) is 0 Å². The number of dihydropyridines is 1.